The van der Waals surface area contributed by atoms with Crippen LogP contribution < -0.4 is 4.81 Å². The fourth-order valence-corrected chi connectivity index (χ4v) is 3.73. The molecule has 162 valence electrons. The SMILES string of the molecule is [B]N(C)c1cc(C)c(N=Nc2cc(C)c(N=Nc3ccc4ccccc4c3)cc2C)cc1C. The molecular formula is C27H26BN5. The average Bonchev–Trinajstić information content (AvgIpc) is 2.79. The maximum Gasteiger partial charge on any atom is 0.226 e. The molecule has 0 spiro atoms. The van der Waals surface area contributed by atoms with Gasteiger partial charge in [-0.3, -0.25) is 0 Å². The van der Waals surface area contributed by atoms with Crippen LogP contribution in [-0.2, 0) is 0 Å². The number of aryl methyl sites for hydroxylation is 4. The maximum atomic E-state index is 5.90. The van der Waals surface area contributed by atoms with Crippen molar-refractivity contribution in [2.75, 3.05) is 11.9 Å². The van der Waals surface area contributed by atoms with Crippen LogP contribution in [0, 0.1) is 27.7 Å². The quantitative estimate of drug-likeness (QED) is 0.231. The Balaban J connectivity index is 1.58. The Bertz CT molecular complexity index is 1390. The number of rotatable bonds is 5. The lowest BCUT2D eigenvalue weighted by molar-refractivity contribution is 1.16. The third-order valence-electron chi connectivity index (χ3n) is 5.68. The Kier molecular flexibility index (Phi) is 6.36. The van der Waals surface area contributed by atoms with Crippen molar-refractivity contribution in [3.63, 3.8) is 0 Å². The number of hydrogen-bond donors (Lipinski definition) is 0. The number of hydrogen-bond acceptors (Lipinski definition) is 5. The van der Waals surface area contributed by atoms with Gasteiger partial charge in [-0.1, -0.05) is 30.3 Å². The summed E-state index contributed by atoms with van der Waals surface area (Å²) < 4.78 is 0. The van der Waals surface area contributed by atoms with E-state index in [0.29, 0.717) is 0 Å². The number of azo groups is 2. The van der Waals surface area contributed by atoms with E-state index < -0.39 is 0 Å². The third kappa shape index (κ3) is 5.01. The predicted octanol–water partition coefficient (Wildman–Crippen LogP) is 8.42. The molecule has 0 aromatic heterocycles. The Morgan fingerprint density at radius 3 is 1.70 bits per heavy atom. The number of benzene rings is 4. The number of fused-ring (bicyclic) bond motifs is 1. The van der Waals surface area contributed by atoms with Crippen LogP contribution >= 0.6 is 0 Å². The van der Waals surface area contributed by atoms with Crippen LogP contribution in [0.4, 0.5) is 28.4 Å². The molecule has 33 heavy (non-hydrogen) atoms. The van der Waals surface area contributed by atoms with Crippen molar-refractivity contribution in [1.29, 1.82) is 0 Å². The topological polar surface area (TPSA) is 52.7 Å². The van der Waals surface area contributed by atoms with Gasteiger partial charge in [0.25, 0.3) is 0 Å². The van der Waals surface area contributed by atoms with Crippen molar-refractivity contribution in [3.8, 4) is 0 Å². The lowest BCUT2D eigenvalue weighted by Crippen LogP contribution is -2.12. The Hall–Kier alpha value is -3.80. The van der Waals surface area contributed by atoms with Gasteiger partial charge in [0.05, 0.1) is 22.7 Å². The van der Waals surface area contributed by atoms with Crippen molar-refractivity contribution in [2.24, 2.45) is 20.5 Å². The predicted molar refractivity (Wildman–Crippen MR) is 138 cm³/mol. The molecule has 6 heteroatoms. The lowest BCUT2D eigenvalue weighted by atomic mass is 10.1. The van der Waals surface area contributed by atoms with Gasteiger partial charge in [-0.15, -0.1) is 0 Å². The van der Waals surface area contributed by atoms with Crippen LogP contribution in [0.1, 0.15) is 22.3 Å². The van der Waals surface area contributed by atoms with Crippen LogP contribution in [0.15, 0.2) is 87.2 Å². The van der Waals surface area contributed by atoms with E-state index in [0.717, 1.165) is 56.1 Å². The van der Waals surface area contributed by atoms with E-state index in [1.807, 2.05) is 83.3 Å². The summed E-state index contributed by atoms with van der Waals surface area (Å²) in [6.45, 7) is 8.04. The van der Waals surface area contributed by atoms with Gasteiger partial charge in [-0.25, -0.2) is 0 Å². The summed E-state index contributed by atoms with van der Waals surface area (Å²) in [5.41, 5.74) is 8.32. The molecule has 2 radical (unpaired) electrons. The fraction of sp³-hybridized carbons (Fsp3) is 0.185. The highest BCUT2D eigenvalue weighted by Gasteiger charge is 2.07. The van der Waals surface area contributed by atoms with Gasteiger partial charge < -0.3 is 4.81 Å². The van der Waals surface area contributed by atoms with Gasteiger partial charge in [0, 0.05) is 5.69 Å². The molecule has 4 aromatic carbocycles. The van der Waals surface area contributed by atoms with E-state index in [1.54, 1.807) is 4.81 Å². The van der Waals surface area contributed by atoms with E-state index in [-0.39, 0.29) is 0 Å². The summed E-state index contributed by atoms with van der Waals surface area (Å²) in [5.74, 6) is 0. The molecule has 0 saturated carbocycles. The third-order valence-corrected chi connectivity index (χ3v) is 5.68. The molecule has 0 aliphatic rings. The molecule has 5 nitrogen and oxygen atoms in total. The van der Waals surface area contributed by atoms with Crippen LogP contribution in [0.25, 0.3) is 10.8 Å². The summed E-state index contributed by atoms with van der Waals surface area (Å²) in [6, 6.07) is 22.3. The zero-order valence-corrected chi connectivity index (χ0v) is 19.7. The van der Waals surface area contributed by atoms with Crippen molar-refractivity contribution in [1.82, 2.24) is 0 Å². The van der Waals surface area contributed by atoms with Gasteiger partial charge in [0.2, 0.25) is 7.98 Å². The molecule has 0 heterocycles. The molecular weight excluding hydrogens is 405 g/mol. The normalized spacial score (nSPS) is 11.7. The van der Waals surface area contributed by atoms with Crippen LogP contribution in [-0.4, -0.2) is 15.0 Å². The Morgan fingerprint density at radius 1 is 0.576 bits per heavy atom. The van der Waals surface area contributed by atoms with E-state index in [2.05, 4.69) is 38.7 Å². The standard InChI is InChI=1S/C27H26BN5/c1-17-13-25(31-32-26-14-20(4)27(33(5)28)15-19(26)3)18(2)12-24(17)30-29-23-11-10-21-8-6-7-9-22(21)16-23/h6-16H,1-5H3. The summed E-state index contributed by atoms with van der Waals surface area (Å²) in [7, 11) is 7.73. The molecule has 0 bridgehead atoms. The first-order chi connectivity index (χ1) is 15.8. The first kappa shape index (κ1) is 22.4. The molecule has 0 aliphatic heterocycles. The zero-order valence-electron chi connectivity index (χ0n) is 19.7. The zero-order chi connectivity index (χ0) is 23.5. The van der Waals surface area contributed by atoms with Crippen LogP contribution in [0.5, 0.6) is 0 Å². The average molecular weight is 431 g/mol. The Labute approximate surface area is 196 Å². The minimum atomic E-state index is 0.814. The van der Waals surface area contributed by atoms with Crippen LogP contribution in [0.2, 0.25) is 0 Å². The highest BCUT2D eigenvalue weighted by atomic mass is 15.1. The number of nitrogens with zero attached hydrogens (tertiary/aromatic N) is 5. The molecule has 0 atom stereocenters. The summed E-state index contributed by atoms with van der Waals surface area (Å²) in [6.07, 6.45) is 0. The molecule has 4 aromatic rings. The summed E-state index contributed by atoms with van der Waals surface area (Å²) in [4.78, 5) is 1.61. The second-order valence-electron chi connectivity index (χ2n) is 8.39. The first-order valence-corrected chi connectivity index (χ1v) is 10.8. The van der Waals surface area contributed by atoms with E-state index in [9.17, 15) is 0 Å². The monoisotopic (exact) mass is 431 g/mol. The van der Waals surface area contributed by atoms with Gasteiger partial charge in [0.1, 0.15) is 0 Å². The molecule has 4 rings (SSSR count). The van der Waals surface area contributed by atoms with E-state index in [4.69, 9.17) is 7.98 Å². The molecule has 0 aliphatic carbocycles. The summed E-state index contributed by atoms with van der Waals surface area (Å²) >= 11 is 0. The minimum absolute atomic E-state index is 0.814. The second kappa shape index (κ2) is 9.37. The van der Waals surface area contributed by atoms with Crippen molar-refractivity contribution in [2.45, 2.75) is 27.7 Å². The fourth-order valence-electron chi connectivity index (χ4n) is 3.73. The van der Waals surface area contributed by atoms with Gasteiger partial charge in [-0.2, -0.15) is 20.5 Å². The van der Waals surface area contributed by atoms with Crippen molar-refractivity contribution >= 4 is 47.2 Å². The maximum absolute atomic E-state index is 5.90. The lowest BCUT2D eigenvalue weighted by Gasteiger charge is -2.17. The highest BCUT2D eigenvalue weighted by molar-refractivity contribution is 6.17. The summed E-state index contributed by atoms with van der Waals surface area (Å²) in [5, 5.41) is 20.3. The van der Waals surface area contributed by atoms with Crippen LogP contribution in [0.3, 0.4) is 0 Å². The van der Waals surface area contributed by atoms with Gasteiger partial charge in [0.15, 0.2) is 0 Å². The largest absolute Gasteiger partial charge is 0.427 e. The molecule has 0 N–H and O–H groups in total. The first-order valence-electron chi connectivity index (χ1n) is 10.8. The Morgan fingerprint density at radius 2 is 1.09 bits per heavy atom. The highest BCUT2D eigenvalue weighted by Crippen LogP contribution is 2.33. The second-order valence-corrected chi connectivity index (χ2v) is 8.39. The number of anilines is 1. The minimum Gasteiger partial charge on any atom is -0.427 e. The van der Waals surface area contributed by atoms with Crippen molar-refractivity contribution in [3.05, 3.63) is 89.0 Å². The smallest absolute Gasteiger partial charge is 0.226 e. The van der Waals surface area contributed by atoms with Gasteiger partial charge in [-0.05, 0) is 104 Å². The van der Waals surface area contributed by atoms with Crippen molar-refractivity contribution < 1.29 is 0 Å². The van der Waals surface area contributed by atoms with E-state index >= 15 is 0 Å². The molecule has 0 unspecified atom stereocenters. The molecule has 0 fully saturated rings. The van der Waals surface area contributed by atoms with Gasteiger partial charge >= 0.3 is 0 Å². The van der Waals surface area contributed by atoms with E-state index in [1.165, 1.54) is 5.39 Å². The molecule has 0 amide bonds. The molecule has 0 saturated heterocycles.